The molecule has 0 fully saturated rings. The number of hydrogen-bond acceptors (Lipinski definition) is 2. The van der Waals surface area contributed by atoms with Gasteiger partial charge in [0.05, 0.1) is 5.52 Å². The average Bonchev–Trinajstić information content (AvgIpc) is 3.47. The van der Waals surface area contributed by atoms with Crippen molar-refractivity contribution in [3.8, 4) is 5.69 Å². The Morgan fingerprint density at radius 1 is 0.426 bits per heavy atom. The predicted octanol–water partition coefficient (Wildman–Crippen LogP) is 8.77. The molecule has 3 nitrogen and oxygen atoms in total. The first kappa shape index (κ1) is 25.2. The van der Waals surface area contributed by atoms with Crippen LogP contribution in [0.2, 0.25) is 0 Å². The molecule has 0 saturated carbocycles. The quantitative estimate of drug-likeness (QED) is 0.185. The van der Waals surface area contributed by atoms with E-state index in [-0.39, 0.29) is 6.71 Å². The van der Waals surface area contributed by atoms with E-state index in [9.17, 15) is 0 Å². The molecule has 4 heteroatoms. The second-order valence-corrected chi connectivity index (χ2v) is 12.9. The average molecular weight is 598 g/mol. The third-order valence-corrected chi connectivity index (χ3v) is 10.6. The summed E-state index contributed by atoms with van der Waals surface area (Å²) in [6, 6.07) is 58.4. The summed E-state index contributed by atoms with van der Waals surface area (Å²) in [5, 5.41) is 2.62. The number of nitrogens with zero attached hydrogens (tertiary/aromatic N) is 3. The van der Waals surface area contributed by atoms with Gasteiger partial charge in [-0.3, -0.25) is 0 Å². The van der Waals surface area contributed by atoms with Crippen molar-refractivity contribution in [2.75, 3.05) is 9.80 Å². The highest BCUT2D eigenvalue weighted by Crippen LogP contribution is 2.47. The van der Waals surface area contributed by atoms with Crippen LogP contribution in [0.3, 0.4) is 0 Å². The van der Waals surface area contributed by atoms with Crippen molar-refractivity contribution in [1.29, 1.82) is 0 Å². The van der Waals surface area contributed by atoms with Gasteiger partial charge in [-0.05, 0) is 82.1 Å². The molecule has 0 radical (unpaired) electrons. The van der Waals surface area contributed by atoms with E-state index >= 15 is 0 Å². The molecule has 218 valence electrons. The standard InChI is InChI=1S/C43H28BN3/c1-2-14-30(15-3-1)45-39-22-11-23-40-42(39)44(35-18-10-17-33-32-16-6-9-21-38(32)47(40)43(33)35)34-25-24-31(27-41(34)45)46-36-19-7-4-12-28(36)26-29-13-5-8-20-37(29)46/h1-25,27H,26H2. The fourth-order valence-corrected chi connectivity index (χ4v) is 8.70. The monoisotopic (exact) mass is 597 g/mol. The molecule has 0 N–H and O–H groups in total. The van der Waals surface area contributed by atoms with Gasteiger partial charge in [-0.25, -0.2) is 0 Å². The number of rotatable bonds is 2. The van der Waals surface area contributed by atoms with E-state index in [1.165, 1.54) is 89.1 Å². The van der Waals surface area contributed by atoms with Gasteiger partial charge in [0, 0.05) is 62.5 Å². The highest BCUT2D eigenvalue weighted by atomic mass is 15.2. The van der Waals surface area contributed by atoms with Gasteiger partial charge in [-0.1, -0.05) is 103 Å². The second-order valence-electron chi connectivity index (χ2n) is 12.9. The fraction of sp³-hybridized carbons (Fsp3) is 0.0233. The van der Waals surface area contributed by atoms with Crippen LogP contribution in [0, 0.1) is 0 Å². The number of fused-ring (bicyclic) bond motifs is 9. The molecule has 3 aliphatic heterocycles. The van der Waals surface area contributed by atoms with Crippen LogP contribution >= 0.6 is 0 Å². The zero-order valence-corrected chi connectivity index (χ0v) is 25.6. The zero-order valence-electron chi connectivity index (χ0n) is 25.6. The Bertz CT molecular complexity index is 2540. The molecular weight excluding hydrogens is 569 g/mol. The highest BCUT2D eigenvalue weighted by Gasteiger charge is 2.42. The molecule has 8 aromatic rings. The van der Waals surface area contributed by atoms with Gasteiger partial charge in [0.1, 0.15) is 0 Å². The fourth-order valence-electron chi connectivity index (χ4n) is 8.70. The van der Waals surface area contributed by atoms with Gasteiger partial charge in [0.15, 0.2) is 0 Å². The number of hydrogen-bond donors (Lipinski definition) is 0. The molecular formula is C43H28BN3. The van der Waals surface area contributed by atoms with Gasteiger partial charge in [-0.15, -0.1) is 0 Å². The summed E-state index contributed by atoms with van der Waals surface area (Å²) in [6.07, 6.45) is 0.945. The van der Waals surface area contributed by atoms with Crippen molar-refractivity contribution in [2.24, 2.45) is 0 Å². The van der Waals surface area contributed by atoms with Gasteiger partial charge >= 0.3 is 0 Å². The highest BCUT2D eigenvalue weighted by molar-refractivity contribution is 7.00. The van der Waals surface area contributed by atoms with Crippen LogP contribution in [0.4, 0.5) is 34.1 Å². The van der Waals surface area contributed by atoms with E-state index in [1.807, 2.05) is 0 Å². The summed E-state index contributed by atoms with van der Waals surface area (Å²) in [4.78, 5) is 4.95. The van der Waals surface area contributed by atoms with Crippen molar-refractivity contribution in [1.82, 2.24) is 4.57 Å². The lowest BCUT2D eigenvalue weighted by molar-refractivity contribution is 1.09. The normalized spacial score (nSPS) is 13.7. The maximum Gasteiger partial charge on any atom is 0.252 e. The lowest BCUT2D eigenvalue weighted by atomic mass is 9.34. The van der Waals surface area contributed by atoms with E-state index in [0.29, 0.717) is 0 Å². The number of aromatic nitrogens is 1. The van der Waals surface area contributed by atoms with Crippen LogP contribution in [0.15, 0.2) is 158 Å². The summed E-state index contributed by atoms with van der Waals surface area (Å²) in [5.41, 5.74) is 17.9. The summed E-state index contributed by atoms with van der Waals surface area (Å²) in [7, 11) is 0. The first-order chi connectivity index (χ1) is 23.3. The Labute approximate surface area is 273 Å². The van der Waals surface area contributed by atoms with Crippen molar-refractivity contribution in [2.45, 2.75) is 6.42 Å². The third-order valence-electron chi connectivity index (χ3n) is 10.6. The maximum atomic E-state index is 2.51. The molecule has 0 spiro atoms. The maximum absolute atomic E-state index is 2.51. The van der Waals surface area contributed by atoms with Crippen molar-refractivity contribution in [3.63, 3.8) is 0 Å². The molecule has 47 heavy (non-hydrogen) atoms. The van der Waals surface area contributed by atoms with Gasteiger partial charge in [0.25, 0.3) is 6.71 Å². The van der Waals surface area contributed by atoms with E-state index in [4.69, 9.17) is 0 Å². The molecule has 7 aromatic carbocycles. The minimum atomic E-state index is 0.117. The first-order valence-electron chi connectivity index (χ1n) is 16.5. The SMILES string of the molecule is c1ccc(N2c3cc(N4c5ccccc5Cc5ccccc54)ccc3B3c4c2cccc4-n2c4ccccc4c4cccc3c42)cc1. The molecule has 0 saturated heterocycles. The molecule has 0 amide bonds. The summed E-state index contributed by atoms with van der Waals surface area (Å²) < 4.78 is 2.51. The van der Waals surface area contributed by atoms with Gasteiger partial charge < -0.3 is 14.4 Å². The smallest absolute Gasteiger partial charge is 0.252 e. The van der Waals surface area contributed by atoms with Crippen molar-refractivity contribution >= 4 is 79.0 Å². The second kappa shape index (κ2) is 9.28. The summed E-state index contributed by atoms with van der Waals surface area (Å²) in [6.45, 7) is 0.117. The van der Waals surface area contributed by atoms with E-state index in [0.717, 1.165) is 6.42 Å². The Balaban J connectivity index is 1.23. The lowest BCUT2D eigenvalue weighted by Gasteiger charge is -2.41. The van der Waals surface area contributed by atoms with Crippen LogP contribution in [0.1, 0.15) is 11.1 Å². The Hall–Kier alpha value is -6.00. The molecule has 0 unspecified atom stereocenters. The largest absolute Gasteiger partial charge is 0.311 e. The summed E-state index contributed by atoms with van der Waals surface area (Å²) in [5.74, 6) is 0. The molecule has 0 bridgehead atoms. The minimum Gasteiger partial charge on any atom is -0.311 e. The van der Waals surface area contributed by atoms with Crippen LogP contribution in [-0.2, 0) is 6.42 Å². The Kier molecular flexibility index (Phi) is 4.98. The topological polar surface area (TPSA) is 11.4 Å². The van der Waals surface area contributed by atoms with Gasteiger partial charge in [0.2, 0.25) is 0 Å². The third kappa shape index (κ3) is 3.32. The van der Waals surface area contributed by atoms with Crippen LogP contribution in [0.5, 0.6) is 0 Å². The number of para-hydroxylation sites is 5. The number of benzene rings is 7. The van der Waals surface area contributed by atoms with E-state index < -0.39 is 0 Å². The molecule has 11 rings (SSSR count). The van der Waals surface area contributed by atoms with Crippen LogP contribution in [0.25, 0.3) is 27.5 Å². The predicted molar refractivity (Wildman–Crippen MR) is 198 cm³/mol. The van der Waals surface area contributed by atoms with E-state index in [1.54, 1.807) is 0 Å². The van der Waals surface area contributed by atoms with Crippen LogP contribution in [-0.4, -0.2) is 11.3 Å². The molecule has 4 heterocycles. The number of anilines is 6. The van der Waals surface area contributed by atoms with Crippen molar-refractivity contribution in [3.05, 3.63) is 169 Å². The van der Waals surface area contributed by atoms with Crippen LogP contribution < -0.4 is 26.2 Å². The zero-order chi connectivity index (χ0) is 30.6. The molecule has 0 aliphatic carbocycles. The minimum absolute atomic E-state index is 0.117. The molecule has 0 atom stereocenters. The molecule has 3 aliphatic rings. The molecule has 1 aromatic heterocycles. The summed E-state index contributed by atoms with van der Waals surface area (Å²) >= 11 is 0. The lowest BCUT2D eigenvalue weighted by Crippen LogP contribution is -2.60. The first-order valence-corrected chi connectivity index (χ1v) is 16.5. The Morgan fingerprint density at radius 2 is 1.06 bits per heavy atom. The van der Waals surface area contributed by atoms with E-state index in [2.05, 4.69) is 172 Å². The Morgan fingerprint density at radius 3 is 1.89 bits per heavy atom. The van der Waals surface area contributed by atoms with Crippen molar-refractivity contribution < 1.29 is 0 Å². The van der Waals surface area contributed by atoms with Gasteiger partial charge in [-0.2, -0.15) is 0 Å².